The Kier molecular flexibility index (Phi) is 5.66. The summed E-state index contributed by atoms with van der Waals surface area (Å²) in [5, 5.41) is 12.3. The van der Waals surface area contributed by atoms with E-state index in [0.717, 1.165) is 0 Å². The Morgan fingerprint density at radius 2 is 1.85 bits per heavy atom. The molecule has 0 unspecified atom stereocenters. The zero-order valence-corrected chi connectivity index (χ0v) is 11.7. The van der Waals surface area contributed by atoms with Gasteiger partial charge in [0, 0.05) is 0 Å². The third kappa shape index (κ3) is 3.34. The van der Waals surface area contributed by atoms with Crippen molar-refractivity contribution in [2.24, 2.45) is 5.18 Å². The molecule has 0 aliphatic carbocycles. The third-order valence-electron chi connectivity index (χ3n) is 2.19. The molecule has 0 fully saturated rings. The average Bonchev–Trinajstić information content (AvgIpc) is 2.39. The molecule has 1 aromatic carbocycles. The smallest absolute Gasteiger partial charge is 0.381 e. The molecule has 106 valence electrons. The minimum Gasteiger partial charge on any atom is -0.505 e. The minimum atomic E-state index is -1.38. The Balaban J connectivity index is 3.36. The van der Waals surface area contributed by atoms with Crippen molar-refractivity contribution in [1.82, 2.24) is 0 Å². The molecule has 0 spiro atoms. The zero-order chi connectivity index (χ0) is 15.3. The lowest BCUT2D eigenvalue weighted by atomic mass is 10.1. The molecule has 0 saturated carbocycles. The molecule has 0 aromatic heterocycles. The van der Waals surface area contributed by atoms with Crippen molar-refractivity contribution < 1.29 is 19.4 Å². The number of ketones is 1. The number of ether oxygens (including phenoxy) is 1. The van der Waals surface area contributed by atoms with E-state index in [1.54, 1.807) is 0 Å². The SMILES string of the molecule is CCOC(=O)C(=O)C(N=O)=C(O)c1c(Cl)cccc1Cl. The lowest BCUT2D eigenvalue weighted by Gasteiger charge is -2.07. The molecular formula is C12H9Cl2NO5. The summed E-state index contributed by atoms with van der Waals surface area (Å²) in [6.07, 6.45) is 0. The standard InChI is InChI=1S/C12H9Cl2NO5/c1-2-20-12(18)11(17)9(15-19)10(16)8-6(13)4-3-5-7(8)14/h3-5,16H,2H2,1H3. The summed E-state index contributed by atoms with van der Waals surface area (Å²) < 4.78 is 4.43. The molecule has 1 aromatic rings. The summed E-state index contributed by atoms with van der Waals surface area (Å²) in [5.41, 5.74) is -1.18. The Morgan fingerprint density at radius 3 is 2.30 bits per heavy atom. The summed E-state index contributed by atoms with van der Waals surface area (Å²) in [4.78, 5) is 33.6. The van der Waals surface area contributed by atoms with E-state index in [1.165, 1.54) is 25.1 Å². The fourth-order valence-electron chi connectivity index (χ4n) is 1.33. The van der Waals surface area contributed by atoms with E-state index in [1.807, 2.05) is 0 Å². The molecule has 0 amide bonds. The Bertz CT molecular complexity index is 577. The Morgan fingerprint density at radius 1 is 1.30 bits per heavy atom. The van der Waals surface area contributed by atoms with Gasteiger partial charge in [-0.25, -0.2) is 4.79 Å². The molecule has 0 aliphatic heterocycles. The van der Waals surface area contributed by atoms with Gasteiger partial charge >= 0.3 is 5.97 Å². The Labute approximate surface area is 123 Å². The lowest BCUT2D eigenvalue weighted by molar-refractivity contribution is -0.151. The number of rotatable bonds is 5. The highest BCUT2D eigenvalue weighted by molar-refractivity contribution is 6.42. The van der Waals surface area contributed by atoms with Crippen LogP contribution in [0.4, 0.5) is 0 Å². The largest absolute Gasteiger partial charge is 0.505 e. The van der Waals surface area contributed by atoms with E-state index in [-0.39, 0.29) is 22.2 Å². The van der Waals surface area contributed by atoms with E-state index >= 15 is 0 Å². The first-order valence-corrected chi connectivity index (χ1v) is 6.12. The van der Waals surface area contributed by atoms with E-state index in [0.29, 0.717) is 0 Å². The van der Waals surface area contributed by atoms with Gasteiger partial charge in [0.15, 0.2) is 5.76 Å². The molecule has 0 saturated heterocycles. The van der Waals surface area contributed by atoms with Gasteiger partial charge in [-0.15, -0.1) is 4.91 Å². The molecule has 0 radical (unpaired) electrons. The number of aliphatic hydroxyl groups is 1. The van der Waals surface area contributed by atoms with Crippen LogP contribution in [0.2, 0.25) is 10.0 Å². The molecular weight excluding hydrogens is 309 g/mol. The molecule has 8 heteroatoms. The van der Waals surface area contributed by atoms with Crippen LogP contribution >= 0.6 is 23.2 Å². The van der Waals surface area contributed by atoms with Gasteiger partial charge in [0.1, 0.15) is 0 Å². The maximum Gasteiger partial charge on any atom is 0.381 e. The van der Waals surface area contributed by atoms with E-state index in [9.17, 15) is 19.6 Å². The molecule has 0 atom stereocenters. The van der Waals surface area contributed by atoms with Crippen LogP contribution in [0, 0.1) is 4.91 Å². The minimum absolute atomic E-state index is 0.00666. The van der Waals surface area contributed by atoms with Gasteiger partial charge in [-0.1, -0.05) is 29.3 Å². The second kappa shape index (κ2) is 7.02. The van der Waals surface area contributed by atoms with Gasteiger partial charge in [-0.2, -0.15) is 0 Å². The van der Waals surface area contributed by atoms with Crippen LogP contribution in [0.25, 0.3) is 5.76 Å². The number of halogens is 2. The quantitative estimate of drug-likeness (QED) is 0.296. The monoisotopic (exact) mass is 317 g/mol. The average molecular weight is 318 g/mol. The van der Waals surface area contributed by atoms with Crippen LogP contribution in [0.5, 0.6) is 0 Å². The number of nitrogens with zero attached hydrogens (tertiary/aromatic N) is 1. The van der Waals surface area contributed by atoms with Crippen molar-refractivity contribution in [3.8, 4) is 0 Å². The first-order chi connectivity index (χ1) is 9.43. The van der Waals surface area contributed by atoms with Crippen LogP contribution in [0.1, 0.15) is 12.5 Å². The molecule has 1 rings (SSSR count). The second-order valence-corrected chi connectivity index (χ2v) is 4.25. The zero-order valence-electron chi connectivity index (χ0n) is 10.2. The number of Topliss-reactive ketones (excluding diaryl/α,β-unsaturated/α-hetero) is 1. The predicted molar refractivity (Wildman–Crippen MR) is 73.4 cm³/mol. The van der Waals surface area contributed by atoms with Crippen LogP contribution in [-0.2, 0) is 14.3 Å². The number of carbonyl (C=O) groups is 2. The molecule has 0 heterocycles. The predicted octanol–water partition coefficient (Wildman–Crippen LogP) is 3.12. The van der Waals surface area contributed by atoms with Gasteiger partial charge < -0.3 is 9.84 Å². The highest BCUT2D eigenvalue weighted by Crippen LogP contribution is 2.31. The summed E-state index contributed by atoms with van der Waals surface area (Å²) in [7, 11) is 0. The van der Waals surface area contributed by atoms with Gasteiger partial charge in [0.25, 0.3) is 5.78 Å². The van der Waals surface area contributed by atoms with Crippen LogP contribution < -0.4 is 0 Å². The van der Waals surface area contributed by atoms with Crippen molar-refractivity contribution in [2.75, 3.05) is 6.61 Å². The fourth-order valence-corrected chi connectivity index (χ4v) is 1.90. The normalized spacial score (nSPS) is 11.6. The summed E-state index contributed by atoms with van der Waals surface area (Å²) in [5.74, 6) is -3.57. The van der Waals surface area contributed by atoms with E-state index in [2.05, 4.69) is 9.91 Å². The number of aliphatic hydroxyl groups excluding tert-OH is 1. The van der Waals surface area contributed by atoms with Gasteiger partial charge in [0.05, 0.1) is 22.2 Å². The third-order valence-corrected chi connectivity index (χ3v) is 2.82. The maximum atomic E-state index is 11.6. The molecule has 6 nitrogen and oxygen atoms in total. The van der Waals surface area contributed by atoms with Gasteiger partial charge in [-0.05, 0) is 24.2 Å². The van der Waals surface area contributed by atoms with Crippen molar-refractivity contribution in [2.45, 2.75) is 6.92 Å². The van der Waals surface area contributed by atoms with Crippen LogP contribution in [0.15, 0.2) is 29.1 Å². The van der Waals surface area contributed by atoms with Gasteiger partial charge in [-0.3, -0.25) is 4.79 Å². The number of esters is 1. The highest BCUT2D eigenvalue weighted by atomic mass is 35.5. The van der Waals surface area contributed by atoms with E-state index in [4.69, 9.17) is 23.2 Å². The highest BCUT2D eigenvalue weighted by Gasteiger charge is 2.27. The number of carbonyl (C=O) groups excluding carboxylic acids is 2. The van der Waals surface area contributed by atoms with Crippen LogP contribution in [-0.4, -0.2) is 23.5 Å². The summed E-state index contributed by atoms with van der Waals surface area (Å²) in [6.45, 7) is 1.41. The maximum absolute atomic E-state index is 11.6. The first-order valence-electron chi connectivity index (χ1n) is 5.36. The number of hydrogen-bond donors (Lipinski definition) is 1. The molecule has 1 N–H and O–H groups in total. The first kappa shape index (κ1) is 16.1. The van der Waals surface area contributed by atoms with Crippen LogP contribution in [0.3, 0.4) is 0 Å². The topological polar surface area (TPSA) is 93.0 Å². The van der Waals surface area contributed by atoms with Crippen molar-refractivity contribution in [3.63, 3.8) is 0 Å². The van der Waals surface area contributed by atoms with Gasteiger partial charge in [0.2, 0.25) is 5.70 Å². The molecule has 0 bridgehead atoms. The summed E-state index contributed by atoms with van der Waals surface area (Å²) in [6, 6.07) is 4.27. The van der Waals surface area contributed by atoms with Crippen molar-refractivity contribution >= 4 is 40.7 Å². The van der Waals surface area contributed by atoms with Crippen molar-refractivity contribution in [1.29, 1.82) is 0 Å². The van der Waals surface area contributed by atoms with Crippen molar-refractivity contribution in [3.05, 3.63) is 44.4 Å². The Hall–Kier alpha value is -1.92. The second-order valence-electron chi connectivity index (χ2n) is 3.43. The fraction of sp³-hybridized carbons (Fsp3) is 0.167. The molecule has 0 aliphatic rings. The lowest BCUT2D eigenvalue weighted by Crippen LogP contribution is -2.19. The summed E-state index contributed by atoms with van der Waals surface area (Å²) >= 11 is 11.6. The van der Waals surface area contributed by atoms with E-state index < -0.39 is 23.2 Å². The molecule has 20 heavy (non-hydrogen) atoms. The number of benzene rings is 1. The number of nitroso groups, excluding NO2 is 1. The number of hydrogen-bond acceptors (Lipinski definition) is 6.